The molecule has 1 aromatic carbocycles. The van der Waals surface area contributed by atoms with E-state index in [0.29, 0.717) is 24.5 Å². The largest absolute Gasteiger partial charge is 0.493 e. The van der Waals surface area contributed by atoms with Crippen molar-refractivity contribution in [2.24, 2.45) is 0 Å². The third kappa shape index (κ3) is 5.52. The van der Waals surface area contributed by atoms with Crippen LogP contribution in [0.3, 0.4) is 0 Å². The lowest BCUT2D eigenvalue weighted by atomic mass is 9.54. The summed E-state index contributed by atoms with van der Waals surface area (Å²) in [6.07, 6.45) is -4.76. The number of carboxylic acid groups (broad SMARTS) is 2. The Balaban J connectivity index is 1.64. The predicted octanol–water partition coefficient (Wildman–Crippen LogP) is 1.08. The van der Waals surface area contributed by atoms with Crippen LogP contribution >= 0.6 is 0 Å². The Hall–Kier alpha value is -4.17. The second kappa shape index (κ2) is 11.8. The first-order chi connectivity index (χ1) is 20.2. The van der Waals surface area contributed by atoms with Crippen LogP contribution in [0.5, 0.6) is 11.5 Å². The molecule has 0 aromatic heterocycles. The molecular weight excluding hydrogens is 570 g/mol. The number of carbonyl (C=O) groups excluding carboxylic acids is 3. The molecule has 1 aromatic rings. The molecule has 0 amide bonds. The van der Waals surface area contributed by atoms with E-state index in [2.05, 4.69) is 0 Å². The minimum atomic E-state index is -2.08. The highest BCUT2D eigenvalue weighted by Crippen LogP contribution is 2.62. The maximum Gasteiger partial charge on any atom is 0.348 e. The van der Waals surface area contributed by atoms with Gasteiger partial charge in [0.25, 0.3) is 0 Å². The smallest absolute Gasteiger partial charge is 0.348 e. The van der Waals surface area contributed by atoms with Gasteiger partial charge in [0.2, 0.25) is 12.2 Å². The highest BCUT2D eigenvalue weighted by Gasteiger charge is 2.69. The van der Waals surface area contributed by atoms with Gasteiger partial charge >= 0.3 is 29.8 Å². The Morgan fingerprint density at radius 3 is 2.42 bits per heavy atom. The standard InChI is InChI=1S/C29H35NO13/c1-14-6-7-17(39-5)24-23(14)28-10-11-30(4)15(2)29(28,38)9-8-18(25(28)43-24)41-22(34)13-20(40-16(3)31)27(37)42-19(26(35)36)12-21(32)33/h6-8,15,19-20,25,38H,9-13H2,1-5H3,(H,32,33)(H,35,36)/t15-,19+,20+,25+,28+,29-/m1/s1. The summed E-state index contributed by atoms with van der Waals surface area (Å²) in [6.45, 7) is 5.38. The van der Waals surface area contributed by atoms with Gasteiger partial charge in [0.15, 0.2) is 17.6 Å². The number of hydrogen-bond acceptors (Lipinski definition) is 12. The zero-order chi connectivity index (χ0) is 31.9. The number of aliphatic carboxylic acids is 2. The number of esters is 3. The second-order valence-corrected chi connectivity index (χ2v) is 11.0. The molecule has 43 heavy (non-hydrogen) atoms. The Bertz CT molecular complexity index is 1370. The van der Waals surface area contributed by atoms with Crippen molar-refractivity contribution < 1.29 is 63.0 Å². The number of carbonyl (C=O) groups is 5. The van der Waals surface area contributed by atoms with Gasteiger partial charge in [0.05, 0.1) is 31.0 Å². The molecule has 14 heteroatoms. The molecule has 0 radical (unpaired) electrons. The average Bonchev–Trinajstić information content (AvgIpc) is 3.29. The van der Waals surface area contributed by atoms with Crippen LogP contribution in [0, 0.1) is 6.92 Å². The molecule has 2 heterocycles. The maximum atomic E-state index is 13.2. The number of hydrogen-bond donors (Lipinski definition) is 3. The summed E-state index contributed by atoms with van der Waals surface area (Å²) in [5.74, 6) is -5.79. The molecule has 4 rings (SSSR count). The first-order valence-corrected chi connectivity index (χ1v) is 13.7. The summed E-state index contributed by atoms with van der Waals surface area (Å²) in [4.78, 5) is 61.9. The molecule has 1 fully saturated rings. The topological polar surface area (TPSA) is 195 Å². The van der Waals surface area contributed by atoms with Crippen molar-refractivity contribution in [3.05, 3.63) is 35.1 Å². The SMILES string of the molecule is COc1ccc(C)c2c1O[C@H]1C(OC(=O)C[C@H](OC(C)=O)C(=O)O[C@@H](CC(=O)O)C(=O)O)=CC[C@@]3(O)[C@@H](C)N(C)CC[C@]213. The van der Waals surface area contributed by atoms with Crippen molar-refractivity contribution in [2.45, 2.75) is 81.8 Å². The summed E-state index contributed by atoms with van der Waals surface area (Å²) in [7, 11) is 3.41. The number of piperidine rings is 1. The fourth-order valence-corrected chi connectivity index (χ4v) is 6.41. The molecule has 1 spiro atoms. The number of rotatable bonds is 10. The van der Waals surface area contributed by atoms with Gasteiger partial charge in [-0.1, -0.05) is 6.07 Å². The van der Waals surface area contributed by atoms with Crippen molar-refractivity contribution in [3.63, 3.8) is 0 Å². The van der Waals surface area contributed by atoms with Gasteiger partial charge < -0.3 is 43.9 Å². The number of fused-ring (bicyclic) bond motifs is 1. The van der Waals surface area contributed by atoms with Crippen LogP contribution in [0.1, 0.15) is 50.7 Å². The van der Waals surface area contributed by atoms with Crippen molar-refractivity contribution >= 4 is 29.8 Å². The molecule has 0 saturated carbocycles. The normalized spacial score (nSPS) is 27.2. The van der Waals surface area contributed by atoms with Gasteiger partial charge in [-0.25, -0.2) is 9.59 Å². The van der Waals surface area contributed by atoms with Crippen molar-refractivity contribution in [3.8, 4) is 11.5 Å². The van der Waals surface area contributed by atoms with E-state index in [9.17, 15) is 34.2 Å². The number of likely N-dealkylation sites (N-methyl/N-ethyl adjacent to an activating group) is 1. The fourth-order valence-electron chi connectivity index (χ4n) is 6.41. The molecule has 0 unspecified atom stereocenters. The molecule has 234 valence electrons. The highest BCUT2D eigenvalue weighted by atomic mass is 16.6. The first kappa shape index (κ1) is 31.8. The van der Waals surface area contributed by atoms with E-state index >= 15 is 0 Å². The molecule has 3 aliphatic rings. The number of aryl methyl sites for hydroxylation is 1. The second-order valence-electron chi connectivity index (χ2n) is 11.0. The third-order valence-electron chi connectivity index (χ3n) is 8.58. The number of methoxy groups -OCH3 is 1. The molecule has 2 aliphatic heterocycles. The molecule has 1 saturated heterocycles. The van der Waals surface area contributed by atoms with Crippen LogP contribution in [0.2, 0.25) is 0 Å². The number of ether oxygens (including phenoxy) is 5. The summed E-state index contributed by atoms with van der Waals surface area (Å²) in [5, 5.41) is 30.5. The van der Waals surface area contributed by atoms with E-state index < -0.39 is 72.0 Å². The van der Waals surface area contributed by atoms with E-state index in [1.165, 1.54) is 7.11 Å². The Labute approximate surface area is 247 Å². The quantitative estimate of drug-likeness (QED) is 0.253. The molecule has 0 bridgehead atoms. The summed E-state index contributed by atoms with van der Waals surface area (Å²) in [5.41, 5.74) is -0.756. The van der Waals surface area contributed by atoms with Crippen LogP contribution in [-0.4, -0.2) is 101 Å². The lowest BCUT2D eigenvalue weighted by Gasteiger charge is -2.58. The first-order valence-electron chi connectivity index (χ1n) is 13.7. The van der Waals surface area contributed by atoms with E-state index in [1.54, 1.807) is 12.1 Å². The fraction of sp³-hybridized carbons (Fsp3) is 0.552. The van der Waals surface area contributed by atoms with Crippen molar-refractivity contribution in [1.82, 2.24) is 4.90 Å². The zero-order valence-corrected chi connectivity index (χ0v) is 24.4. The van der Waals surface area contributed by atoms with Gasteiger partial charge in [-0.3, -0.25) is 14.4 Å². The summed E-state index contributed by atoms with van der Waals surface area (Å²) in [6, 6.07) is 3.31. The highest BCUT2D eigenvalue weighted by molar-refractivity contribution is 5.87. The zero-order valence-electron chi connectivity index (χ0n) is 24.4. The van der Waals surface area contributed by atoms with E-state index in [0.717, 1.165) is 18.1 Å². The number of nitrogens with zero attached hydrogens (tertiary/aromatic N) is 1. The number of benzene rings is 1. The van der Waals surface area contributed by atoms with E-state index in [4.69, 9.17) is 28.8 Å². The van der Waals surface area contributed by atoms with Gasteiger partial charge in [-0.15, -0.1) is 0 Å². The summed E-state index contributed by atoms with van der Waals surface area (Å²) < 4.78 is 27.3. The molecule has 3 N–H and O–H groups in total. The van der Waals surface area contributed by atoms with Crippen molar-refractivity contribution in [1.29, 1.82) is 0 Å². The van der Waals surface area contributed by atoms with Crippen LogP contribution in [0.4, 0.5) is 0 Å². The van der Waals surface area contributed by atoms with Gasteiger partial charge in [-0.05, 0) is 51.6 Å². The monoisotopic (exact) mass is 605 g/mol. The molecule has 6 atom stereocenters. The van der Waals surface area contributed by atoms with E-state index in [-0.39, 0.29) is 18.2 Å². The van der Waals surface area contributed by atoms with Gasteiger partial charge in [0, 0.05) is 24.9 Å². The van der Waals surface area contributed by atoms with E-state index in [1.807, 2.05) is 31.9 Å². The van der Waals surface area contributed by atoms with Crippen LogP contribution in [0.15, 0.2) is 24.0 Å². The minimum Gasteiger partial charge on any atom is -0.493 e. The predicted molar refractivity (Wildman–Crippen MR) is 144 cm³/mol. The lowest BCUT2D eigenvalue weighted by Crippen LogP contribution is -2.71. The Morgan fingerprint density at radius 1 is 1.12 bits per heavy atom. The van der Waals surface area contributed by atoms with Crippen LogP contribution < -0.4 is 9.47 Å². The molecule has 1 aliphatic carbocycles. The van der Waals surface area contributed by atoms with Gasteiger partial charge in [0.1, 0.15) is 5.76 Å². The summed E-state index contributed by atoms with van der Waals surface area (Å²) >= 11 is 0. The minimum absolute atomic E-state index is 0.0771. The molecular formula is C29H35NO13. The maximum absolute atomic E-state index is 13.2. The number of likely N-dealkylation sites (tertiary alicyclic amines) is 1. The number of carboxylic acids is 2. The average molecular weight is 606 g/mol. The number of aliphatic hydroxyl groups is 1. The van der Waals surface area contributed by atoms with Crippen LogP contribution in [0.25, 0.3) is 0 Å². The Kier molecular flexibility index (Phi) is 8.75. The third-order valence-corrected chi connectivity index (χ3v) is 8.58. The van der Waals surface area contributed by atoms with Crippen molar-refractivity contribution in [2.75, 3.05) is 20.7 Å². The molecule has 14 nitrogen and oxygen atoms in total. The Morgan fingerprint density at radius 2 is 1.81 bits per heavy atom. The van der Waals surface area contributed by atoms with Crippen LogP contribution in [-0.2, 0) is 43.6 Å². The van der Waals surface area contributed by atoms with Gasteiger partial charge in [-0.2, -0.15) is 0 Å². The lowest BCUT2D eigenvalue weighted by molar-refractivity contribution is -0.180.